The molecule has 0 unspecified atom stereocenters. The van der Waals surface area contributed by atoms with Crippen LogP contribution in [-0.4, -0.2) is 26.8 Å². The fraction of sp³-hybridized carbons (Fsp3) is 0.182. The maximum atomic E-state index is 12.3. The lowest BCUT2D eigenvalue weighted by atomic mass is 10.4. The molecule has 0 aliphatic heterocycles. The minimum absolute atomic E-state index is 0.0557. The second kappa shape index (κ2) is 5.56. The van der Waals surface area contributed by atoms with Crippen molar-refractivity contribution in [2.45, 2.75) is 12.7 Å². The van der Waals surface area contributed by atoms with E-state index in [0.717, 1.165) is 28.3 Å². The number of aromatic nitrogens is 2. The van der Waals surface area contributed by atoms with E-state index in [1.165, 1.54) is 11.4 Å². The van der Waals surface area contributed by atoms with Gasteiger partial charge in [-0.05, 0) is 17.5 Å². The Morgan fingerprint density at radius 1 is 1.38 bits per heavy atom. The highest BCUT2D eigenvalue weighted by atomic mass is 32.1. The van der Waals surface area contributed by atoms with Gasteiger partial charge in [-0.1, -0.05) is 0 Å². The van der Waals surface area contributed by atoms with E-state index in [-0.39, 0.29) is 10.6 Å². The van der Waals surface area contributed by atoms with Gasteiger partial charge in [0.1, 0.15) is 11.4 Å². The third kappa shape index (κ3) is 3.60. The number of carbonyl (C=O) groups is 2. The van der Waals surface area contributed by atoms with Gasteiger partial charge in [0.15, 0.2) is 5.69 Å². The smallest absolute Gasteiger partial charge is 0.435 e. The number of hydrogen-bond acceptors (Lipinski definition) is 4. The van der Waals surface area contributed by atoms with Crippen molar-refractivity contribution in [3.05, 3.63) is 34.3 Å². The SMILES string of the molecule is O=C(Cn1ccc(C(F)(F)F)n1)Nc1ccsc1C(=O)O. The number of nitrogens with zero attached hydrogens (tertiary/aromatic N) is 2. The summed E-state index contributed by atoms with van der Waals surface area (Å²) in [5, 5.41) is 15.9. The summed E-state index contributed by atoms with van der Waals surface area (Å²) in [5.74, 6) is -1.87. The summed E-state index contributed by atoms with van der Waals surface area (Å²) >= 11 is 0.928. The molecule has 0 aliphatic carbocycles. The van der Waals surface area contributed by atoms with Crippen LogP contribution >= 0.6 is 11.3 Å². The van der Waals surface area contributed by atoms with Crippen molar-refractivity contribution in [2.75, 3.05) is 5.32 Å². The van der Waals surface area contributed by atoms with E-state index in [2.05, 4.69) is 10.4 Å². The molecule has 0 aromatic carbocycles. The summed E-state index contributed by atoms with van der Waals surface area (Å²) in [5.41, 5.74) is -1.00. The predicted molar refractivity (Wildman–Crippen MR) is 67.1 cm³/mol. The van der Waals surface area contributed by atoms with Crippen molar-refractivity contribution in [3.63, 3.8) is 0 Å². The second-order valence-corrected chi connectivity index (χ2v) is 4.83. The zero-order valence-electron chi connectivity index (χ0n) is 10.2. The average molecular weight is 319 g/mol. The van der Waals surface area contributed by atoms with Crippen molar-refractivity contribution in [3.8, 4) is 0 Å². The van der Waals surface area contributed by atoms with Gasteiger partial charge in [-0.15, -0.1) is 11.3 Å². The van der Waals surface area contributed by atoms with Gasteiger partial charge in [-0.3, -0.25) is 9.48 Å². The topological polar surface area (TPSA) is 84.2 Å². The van der Waals surface area contributed by atoms with E-state index in [1.54, 1.807) is 0 Å². The van der Waals surface area contributed by atoms with Crippen LogP contribution in [0.4, 0.5) is 18.9 Å². The largest absolute Gasteiger partial charge is 0.477 e. The Labute approximate surface area is 119 Å². The van der Waals surface area contributed by atoms with Crippen molar-refractivity contribution in [2.24, 2.45) is 0 Å². The maximum absolute atomic E-state index is 12.3. The Balaban J connectivity index is 2.03. The summed E-state index contributed by atoms with van der Waals surface area (Å²) in [7, 11) is 0. The van der Waals surface area contributed by atoms with Gasteiger partial charge in [-0.2, -0.15) is 18.3 Å². The first-order chi connectivity index (χ1) is 9.77. The normalized spacial score (nSPS) is 11.4. The highest BCUT2D eigenvalue weighted by molar-refractivity contribution is 7.12. The molecule has 0 spiro atoms. The molecule has 0 atom stereocenters. The molecule has 0 saturated carbocycles. The molecule has 0 fully saturated rings. The first-order valence-corrected chi connectivity index (χ1v) is 6.36. The van der Waals surface area contributed by atoms with E-state index in [0.29, 0.717) is 0 Å². The van der Waals surface area contributed by atoms with Crippen molar-refractivity contribution < 1.29 is 27.9 Å². The van der Waals surface area contributed by atoms with E-state index < -0.39 is 30.3 Å². The van der Waals surface area contributed by atoms with Crippen LogP contribution in [0, 0.1) is 0 Å². The Kier molecular flexibility index (Phi) is 3.98. The van der Waals surface area contributed by atoms with Gasteiger partial charge in [0.2, 0.25) is 5.91 Å². The molecule has 0 aliphatic rings. The summed E-state index contributed by atoms with van der Waals surface area (Å²) in [4.78, 5) is 22.5. The third-order valence-corrected chi connectivity index (χ3v) is 3.27. The molecule has 2 heterocycles. The average Bonchev–Trinajstić information content (AvgIpc) is 2.96. The molecule has 2 N–H and O–H groups in total. The lowest BCUT2D eigenvalue weighted by Crippen LogP contribution is -2.20. The van der Waals surface area contributed by atoms with Gasteiger partial charge in [0, 0.05) is 6.20 Å². The zero-order valence-corrected chi connectivity index (χ0v) is 11.0. The van der Waals surface area contributed by atoms with Gasteiger partial charge in [0.05, 0.1) is 5.69 Å². The molecule has 10 heteroatoms. The third-order valence-electron chi connectivity index (χ3n) is 2.37. The molecule has 2 rings (SSSR count). The Morgan fingerprint density at radius 2 is 2.10 bits per heavy atom. The van der Waals surface area contributed by atoms with E-state index in [1.807, 2.05) is 0 Å². The summed E-state index contributed by atoms with van der Waals surface area (Å²) in [6.45, 7) is -0.453. The van der Waals surface area contributed by atoms with E-state index in [4.69, 9.17) is 5.11 Å². The number of amides is 1. The number of rotatable bonds is 4. The molecule has 6 nitrogen and oxygen atoms in total. The van der Waals surface area contributed by atoms with Crippen LogP contribution < -0.4 is 5.32 Å². The summed E-state index contributed by atoms with van der Waals surface area (Å²) in [6.07, 6.45) is -3.56. The van der Waals surface area contributed by atoms with Crippen molar-refractivity contribution in [1.82, 2.24) is 9.78 Å². The van der Waals surface area contributed by atoms with Crippen LogP contribution in [0.5, 0.6) is 0 Å². The molecule has 0 saturated heterocycles. The van der Waals surface area contributed by atoms with Crippen molar-refractivity contribution >= 4 is 28.9 Å². The van der Waals surface area contributed by atoms with Gasteiger partial charge in [0.25, 0.3) is 0 Å². The minimum atomic E-state index is -4.58. The highest BCUT2D eigenvalue weighted by Crippen LogP contribution is 2.27. The Morgan fingerprint density at radius 3 is 2.67 bits per heavy atom. The first kappa shape index (κ1) is 15.0. The lowest BCUT2D eigenvalue weighted by molar-refractivity contribution is -0.141. The molecule has 2 aromatic heterocycles. The monoisotopic (exact) mass is 319 g/mol. The first-order valence-electron chi connectivity index (χ1n) is 5.48. The van der Waals surface area contributed by atoms with Gasteiger partial charge >= 0.3 is 12.1 Å². The van der Waals surface area contributed by atoms with Gasteiger partial charge < -0.3 is 10.4 Å². The Bertz CT molecular complexity index is 678. The number of anilines is 1. The predicted octanol–water partition coefficient (Wildman–Crippen LogP) is 2.30. The fourth-order valence-corrected chi connectivity index (χ4v) is 2.20. The maximum Gasteiger partial charge on any atom is 0.435 e. The minimum Gasteiger partial charge on any atom is -0.477 e. The second-order valence-electron chi connectivity index (χ2n) is 3.91. The molecule has 0 radical (unpaired) electrons. The molecule has 112 valence electrons. The number of hydrogen-bond donors (Lipinski definition) is 2. The molecular formula is C11H8F3N3O3S. The number of carboxylic acid groups (broad SMARTS) is 1. The van der Waals surface area contributed by atoms with Crippen LogP contribution in [0.15, 0.2) is 23.7 Å². The number of carboxylic acids is 1. The number of alkyl halides is 3. The van der Waals surface area contributed by atoms with Crippen molar-refractivity contribution in [1.29, 1.82) is 0 Å². The van der Waals surface area contributed by atoms with Crippen LogP contribution in [0.25, 0.3) is 0 Å². The number of aromatic carboxylic acids is 1. The van der Waals surface area contributed by atoms with E-state index in [9.17, 15) is 22.8 Å². The number of carbonyl (C=O) groups excluding carboxylic acids is 1. The number of thiophene rings is 1. The fourth-order valence-electron chi connectivity index (χ4n) is 1.51. The summed E-state index contributed by atoms with van der Waals surface area (Å²) in [6, 6.07) is 2.15. The molecule has 2 aromatic rings. The molecule has 0 bridgehead atoms. The van der Waals surface area contributed by atoms with Crippen LogP contribution in [0.2, 0.25) is 0 Å². The van der Waals surface area contributed by atoms with Crippen LogP contribution in [0.3, 0.4) is 0 Å². The summed E-state index contributed by atoms with van der Waals surface area (Å²) < 4.78 is 37.9. The zero-order chi connectivity index (χ0) is 15.6. The number of halogens is 3. The van der Waals surface area contributed by atoms with Gasteiger partial charge in [-0.25, -0.2) is 4.79 Å². The highest BCUT2D eigenvalue weighted by Gasteiger charge is 2.33. The number of nitrogens with one attached hydrogen (secondary N) is 1. The lowest BCUT2D eigenvalue weighted by Gasteiger charge is -2.05. The standard InChI is InChI=1S/C11H8F3N3O3S/c12-11(13,14)7-1-3-17(16-7)5-8(18)15-6-2-4-21-9(6)10(19)20/h1-4H,5H2,(H,15,18)(H,19,20). The van der Waals surface area contributed by atoms with Crippen LogP contribution in [0.1, 0.15) is 15.4 Å². The Hall–Kier alpha value is -2.36. The quantitative estimate of drug-likeness (QED) is 0.905. The molecule has 1 amide bonds. The van der Waals surface area contributed by atoms with Crippen LogP contribution in [-0.2, 0) is 17.5 Å². The molecule has 21 heavy (non-hydrogen) atoms. The molecular weight excluding hydrogens is 311 g/mol. The van der Waals surface area contributed by atoms with E-state index >= 15 is 0 Å².